The largest absolute Gasteiger partial charge is 0.352 e. The highest BCUT2D eigenvalue weighted by Gasteiger charge is 2.35. The van der Waals surface area contributed by atoms with Crippen molar-refractivity contribution in [2.75, 3.05) is 11.4 Å². The summed E-state index contributed by atoms with van der Waals surface area (Å²) in [7, 11) is 0. The van der Waals surface area contributed by atoms with Gasteiger partial charge in [0.05, 0.1) is 5.92 Å². The van der Waals surface area contributed by atoms with E-state index in [0.717, 1.165) is 11.3 Å². The second-order valence-electron chi connectivity index (χ2n) is 8.05. The van der Waals surface area contributed by atoms with Crippen molar-refractivity contribution in [2.45, 2.75) is 39.2 Å². The Balaban J connectivity index is 1.61. The number of benzene rings is 2. The highest BCUT2D eigenvalue weighted by atomic mass is 35.5. The Kier molecular flexibility index (Phi) is 5.56. The van der Waals surface area contributed by atoms with Gasteiger partial charge in [0.1, 0.15) is 0 Å². The summed E-state index contributed by atoms with van der Waals surface area (Å²) >= 11 is 5.87. The molecule has 0 radical (unpaired) electrons. The van der Waals surface area contributed by atoms with Gasteiger partial charge in [0.2, 0.25) is 11.8 Å². The van der Waals surface area contributed by atoms with Gasteiger partial charge < -0.3 is 10.2 Å². The normalized spacial score (nSPS) is 17.3. The zero-order chi connectivity index (χ0) is 19.6. The fraction of sp³-hybridized carbons (Fsp3) is 0.364. The second-order valence-corrected chi connectivity index (χ2v) is 8.48. The molecule has 1 unspecified atom stereocenters. The molecule has 2 aromatic rings. The van der Waals surface area contributed by atoms with Crippen LogP contribution in [0.4, 0.5) is 5.69 Å². The highest BCUT2D eigenvalue weighted by molar-refractivity contribution is 6.30. The molecule has 1 saturated heterocycles. The monoisotopic (exact) mass is 384 g/mol. The lowest BCUT2D eigenvalue weighted by Crippen LogP contribution is -2.32. The molecule has 5 heteroatoms. The molecule has 1 N–H and O–H groups in total. The van der Waals surface area contributed by atoms with Crippen LogP contribution in [0.1, 0.15) is 38.3 Å². The molecular formula is C22H25ClN2O2. The molecule has 1 atom stereocenters. The average molecular weight is 385 g/mol. The van der Waals surface area contributed by atoms with Crippen LogP contribution in [-0.4, -0.2) is 18.4 Å². The standard InChI is InChI=1S/C22H25ClN2O2/c1-22(2,3)17-6-10-19(11-7-17)25-14-16(12-20(25)26)21(27)24-13-15-4-8-18(23)9-5-15/h4-11,16H,12-14H2,1-3H3,(H,24,27). The minimum Gasteiger partial charge on any atom is -0.352 e. The molecule has 142 valence electrons. The summed E-state index contributed by atoms with van der Waals surface area (Å²) in [5.41, 5.74) is 3.11. The lowest BCUT2D eigenvalue weighted by atomic mass is 9.87. The van der Waals surface area contributed by atoms with Crippen molar-refractivity contribution < 1.29 is 9.59 Å². The fourth-order valence-corrected chi connectivity index (χ4v) is 3.34. The van der Waals surface area contributed by atoms with Crippen molar-refractivity contribution in [3.05, 3.63) is 64.7 Å². The Labute approximate surface area is 165 Å². The first-order valence-corrected chi connectivity index (χ1v) is 9.55. The van der Waals surface area contributed by atoms with Crippen LogP contribution in [0.3, 0.4) is 0 Å². The molecule has 0 aliphatic carbocycles. The number of hydrogen-bond acceptors (Lipinski definition) is 2. The molecule has 2 amide bonds. The number of nitrogens with one attached hydrogen (secondary N) is 1. The van der Waals surface area contributed by atoms with E-state index in [1.807, 2.05) is 24.3 Å². The van der Waals surface area contributed by atoms with Gasteiger partial charge in [0.25, 0.3) is 0 Å². The Morgan fingerprint density at radius 1 is 1.11 bits per heavy atom. The maximum Gasteiger partial charge on any atom is 0.227 e. The van der Waals surface area contributed by atoms with Crippen molar-refractivity contribution in [2.24, 2.45) is 5.92 Å². The number of amides is 2. The molecule has 0 aromatic heterocycles. The maximum absolute atomic E-state index is 12.5. The number of hydrogen-bond donors (Lipinski definition) is 1. The average Bonchev–Trinajstić information content (AvgIpc) is 3.02. The summed E-state index contributed by atoms with van der Waals surface area (Å²) in [4.78, 5) is 26.6. The van der Waals surface area contributed by atoms with E-state index in [9.17, 15) is 9.59 Å². The van der Waals surface area contributed by atoms with Crippen LogP contribution in [0, 0.1) is 5.92 Å². The molecule has 0 saturated carbocycles. The quantitative estimate of drug-likeness (QED) is 0.854. The fourth-order valence-electron chi connectivity index (χ4n) is 3.21. The summed E-state index contributed by atoms with van der Waals surface area (Å²) in [6, 6.07) is 15.4. The molecule has 1 heterocycles. The van der Waals surface area contributed by atoms with Gasteiger partial charge in [-0.3, -0.25) is 9.59 Å². The van der Waals surface area contributed by atoms with Crippen LogP contribution < -0.4 is 10.2 Å². The van der Waals surface area contributed by atoms with Gasteiger partial charge in [0, 0.05) is 30.2 Å². The van der Waals surface area contributed by atoms with Crippen molar-refractivity contribution in [1.29, 1.82) is 0 Å². The van der Waals surface area contributed by atoms with Crippen LogP contribution in [0.2, 0.25) is 5.02 Å². The summed E-state index contributed by atoms with van der Waals surface area (Å²) in [5, 5.41) is 3.59. The molecule has 1 aliphatic rings. The Morgan fingerprint density at radius 3 is 2.33 bits per heavy atom. The van der Waals surface area contributed by atoms with Gasteiger partial charge in [0.15, 0.2) is 0 Å². The van der Waals surface area contributed by atoms with Gasteiger partial charge >= 0.3 is 0 Å². The molecule has 27 heavy (non-hydrogen) atoms. The van der Waals surface area contributed by atoms with E-state index in [1.165, 1.54) is 5.56 Å². The number of nitrogens with zero attached hydrogens (tertiary/aromatic N) is 1. The second kappa shape index (κ2) is 7.73. The maximum atomic E-state index is 12.5. The van der Waals surface area contributed by atoms with Gasteiger partial charge in [-0.25, -0.2) is 0 Å². The van der Waals surface area contributed by atoms with E-state index in [1.54, 1.807) is 17.0 Å². The number of anilines is 1. The van der Waals surface area contributed by atoms with Crippen LogP contribution in [-0.2, 0) is 21.5 Å². The summed E-state index contributed by atoms with van der Waals surface area (Å²) in [6.07, 6.45) is 0.244. The summed E-state index contributed by atoms with van der Waals surface area (Å²) in [5.74, 6) is -0.427. The first kappa shape index (κ1) is 19.4. The van der Waals surface area contributed by atoms with Crippen molar-refractivity contribution in [1.82, 2.24) is 5.32 Å². The van der Waals surface area contributed by atoms with Gasteiger partial charge in [-0.15, -0.1) is 0 Å². The highest BCUT2D eigenvalue weighted by Crippen LogP contribution is 2.28. The summed E-state index contributed by atoms with van der Waals surface area (Å²) < 4.78 is 0. The molecule has 1 aliphatic heterocycles. The first-order valence-electron chi connectivity index (χ1n) is 9.17. The van der Waals surface area contributed by atoms with E-state index in [2.05, 4.69) is 38.2 Å². The Hall–Kier alpha value is -2.33. The third-order valence-electron chi connectivity index (χ3n) is 4.92. The van der Waals surface area contributed by atoms with Gasteiger partial charge in [-0.2, -0.15) is 0 Å². The third kappa shape index (κ3) is 4.69. The molecule has 2 aromatic carbocycles. The van der Waals surface area contributed by atoms with Crippen LogP contribution in [0.15, 0.2) is 48.5 Å². The van der Waals surface area contributed by atoms with E-state index in [-0.39, 0.29) is 29.6 Å². The smallest absolute Gasteiger partial charge is 0.227 e. The minimum absolute atomic E-state index is 0.00912. The predicted molar refractivity (Wildman–Crippen MR) is 109 cm³/mol. The molecule has 0 bridgehead atoms. The summed E-state index contributed by atoms with van der Waals surface area (Å²) in [6.45, 7) is 7.32. The van der Waals surface area contributed by atoms with Gasteiger partial charge in [-0.1, -0.05) is 56.6 Å². The van der Waals surface area contributed by atoms with E-state index in [4.69, 9.17) is 11.6 Å². The van der Waals surface area contributed by atoms with E-state index < -0.39 is 0 Å². The zero-order valence-corrected chi connectivity index (χ0v) is 16.7. The molecule has 1 fully saturated rings. The van der Waals surface area contributed by atoms with Crippen LogP contribution >= 0.6 is 11.6 Å². The Morgan fingerprint density at radius 2 is 1.74 bits per heavy atom. The van der Waals surface area contributed by atoms with E-state index >= 15 is 0 Å². The number of carbonyl (C=O) groups is 2. The molecule has 0 spiro atoms. The van der Waals surface area contributed by atoms with Crippen molar-refractivity contribution in [3.63, 3.8) is 0 Å². The van der Waals surface area contributed by atoms with Crippen molar-refractivity contribution in [3.8, 4) is 0 Å². The van der Waals surface area contributed by atoms with Gasteiger partial charge in [-0.05, 0) is 40.8 Å². The predicted octanol–water partition coefficient (Wildman–Crippen LogP) is 4.31. The number of carbonyl (C=O) groups excluding carboxylic acids is 2. The number of halogens is 1. The Bertz CT molecular complexity index is 823. The third-order valence-corrected chi connectivity index (χ3v) is 5.17. The molecule has 4 nitrogen and oxygen atoms in total. The zero-order valence-electron chi connectivity index (χ0n) is 16.0. The topological polar surface area (TPSA) is 49.4 Å². The van der Waals surface area contributed by atoms with Crippen LogP contribution in [0.25, 0.3) is 0 Å². The lowest BCUT2D eigenvalue weighted by molar-refractivity contribution is -0.126. The number of rotatable bonds is 4. The lowest BCUT2D eigenvalue weighted by Gasteiger charge is -2.21. The van der Waals surface area contributed by atoms with Crippen LogP contribution in [0.5, 0.6) is 0 Å². The van der Waals surface area contributed by atoms with Crippen molar-refractivity contribution >= 4 is 29.1 Å². The first-order chi connectivity index (χ1) is 12.7. The van der Waals surface area contributed by atoms with E-state index in [0.29, 0.717) is 18.1 Å². The molecule has 3 rings (SSSR count). The SMILES string of the molecule is CC(C)(C)c1ccc(N2CC(C(=O)NCc3ccc(Cl)cc3)CC2=O)cc1. The molecular weight excluding hydrogens is 360 g/mol. The minimum atomic E-state index is -0.327.